The van der Waals surface area contributed by atoms with Crippen LogP contribution in [0.3, 0.4) is 0 Å². The number of rotatable bonds is 6. The van der Waals surface area contributed by atoms with Crippen LogP contribution in [0, 0.1) is 41.2 Å². The molecule has 8 nitrogen and oxygen atoms in total. The molecular weight excluding hydrogens is 514 g/mol. The van der Waals surface area contributed by atoms with Gasteiger partial charge in [-0.2, -0.15) is 9.57 Å². The second-order valence-electron chi connectivity index (χ2n) is 9.81. The van der Waals surface area contributed by atoms with Crippen molar-refractivity contribution in [3.05, 3.63) is 87.2 Å². The van der Waals surface area contributed by atoms with Crippen LogP contribution in [-0.2, 0) is 22.0 Å². The fourth-order valence-electron chi connectivity index (χ4n) is 5.70. The first-order valence-electron chi connectivity index (χ1n) is 12.1. The topological polar surface area (TPSA) is 120 Å². The lowest BCUT2D eigenvalue weighted by Crippen LogP contribution is -2.46. The molecule has 1 aliphatic heterocycles. The van der Waals surface area contributed by atoms with Crippen molar-refractivity contribution in [1.29, 1.82) is 5.26 Å². The summed E-state index contributed by atoms with van der Waals surface area (Å²) in [4.78, 5) is 11.6. The van der Waals surface area contributed by atoms with E-state index in [1.165, 1.54) is 0 Å². The summed E-state index contributed by atoms with van der Waals surface area (Å²) in [5, 5.41) is 14.2. The van der Waals surface area contributed by atoms with E-state index in [0.29, 0.717) is 18.4 Å². The number of halogens is 2. The zero-order valence-corrected chi connectivity index (χ0v) is 21.0. The van der Waals surface area contributed by atoms with Gasteiger partial charge in [0.1, 0.15) is 16.9 Å². The molecule has 1 saturated heterocycles. The van der Waals surface area contributed by atoms with Gasteiger partial charge in [0.15, 0.2) is 0 Å². The molecule has 38 heavy (non-hydrogen) atoms. The van der Waals surface area contributed by atoms with E-state index < -0.39 is 50.7 Å². The minimum Gasteiger partial charge on any atom is -0.392 e. The summed E-state index contributed by atoms with van der Waals surface area (Å²) in [6.07, 6.45) is 7.01. The predicted molar refractivity (Wildman–Crippen MR) is 133 cm³/mol. The molecule has 1 N–H and O–H groups in total. The minimum atomic E-state index is -3.99. The molecule has 1 saturated carbocycles. The quantitative estimate of drug-likeness (QED) is 0.475. The van der Waals surface area contributed by atoms with Crippen LogP contribution in [0.15, 0.2) is 51.7 Å². The van der Waals surface area contributed by atoms with E-state index in [1.54, 1.807) is 30.3 Å². The predicted octanol–water partition coefficient (Wildman–Crippen LogP) is 3.92. The Labute approximate surface area is 218 Å². The van der Waals surface area contributed by atoms with Gasteiger partial charge < -0.3 is 4.42 Å². The number of terminal acetylenes is 1. The highest BCUT2D eigenvalue weighted by Gasteiger charge is 2.52. The molecule has 11 heteroatoms. The zero-order valence-electron chi connectivity index (χ0n) is 20.2. The number of sulfonamides is 1. The van der Waals surface area contributed by atoms with Crippen molar-refractivity contribution >= 4 is 10.0 Å². The van der Waals surface area contributed by atoms with Crippen LogP contribution >= 0.6 is 0 Å². The van der Waals surface area contributed by atoms with Gasteiger partial charge in [-0.25, -0.2) is 27.1 Å². The first-order valence-corrected chi connectivity index (χ1v) is 13.6. The summed E-state index contributed by atoms with van der Waals surface area (Å²) >= 11 is 0. The second kappa shape index (κ2) is 9.82. The standard InChI is InChI=1S/C27H24F2N4O4S/c1-2-20-8-9-24(18-6-4-3-5-7-18)38(35,36)33(20)16-19-12-23(29)21(13-22(19)28)27(14-17(15-27)10-11-30)25-31-32-26(34)37-25/h1,3-7,12-13,17,20,24H,8-10,14-16H2,(H,32,34)/t17-,20-,24+,27-/m0/s1. The van der Waals surface area contributed by atoms with Crippen LogP contribution in [0.5, 0.6) is 0 Å². The Morgan fingerprint density at radius 3 is 2.55 bits per heavy atom. The van der Waals surface area contributed by atoms with Gasteiger partial charge in [0.05, 0.1) is 17.5 Å². The Hall–Kier alpha value is -3.80. The van der Waals surface area contributed by atoms with Gasteiger partial charge in [0.2, 0.25) is 15.9 Å². The fraction of sp³-hybridized carbons (Fsp3) is 0.370. The van der Waals surface area contributed by atoms with Crippen LogP contribution in [0.25, 0.3) is 0 Å². The summed E-state index contributed by atoms with van der Waals surface area (Å²) in [7, 11) is -3.99. The van der Waals surface area contributed by atoms with Gasteiger partial charge >= 0.3 is 5.76 Å². The first-order chi connectivity index (χ1) is 18.2. The maximum absolute atomic E-state index is 15.6. The molecule has 2 atom stereocenters. The Kier molecular flexibility index (Phi) is 6.68. The second-order valence-corrected chi connectivity index (χ2v) is 11.9. The van der Waals surface area contributed by atoms with E-state index >= 15 is 8.78 Å². The van der Waals surface area contributed by atoms with Crippen LogP contribution < -0.4 is 5.76 Å². The molecule has 0 bridgehead atoms. The van der Waals surface area contributed by atoms with Gasteiger partial charge in [-0.3, -0.25) is 0 Å². The first kappa shape index (κ1) is 25.8. The van der Waals surface area contributed by atoms with Crippen molar-refractivity contribution in [3.63, 3.8) is 0 Å². The molecular formula is C27H24F2N4O4S. The fourth-order valence-corrected chi connectivity index (χ4v) is 7.81. The van der Waals surface area contributed by atoms with Crippen molar-refractivity contribution in [2.45, 2.75) is 55.4 Å². The molecule has 1 aromatic heterocycles. The van der Waals surface area contributed by atoms with E-state index in [9.17, 15) is 13.2 Å². The van der Waals surface area contributed by atoms with Gasteiger partial charge in [-0.15, -0.1) is 11.5 Å². The molecule has 0 amide bonds. The van der Waals surface area contributed by atoms with Crippen molar-refractivity contribution in [1.82, 2.24) is 14.5 Å². The summed E-state index contributed by atoms with van der Waals surface area (Å²) < 4.78 is 64.5. The molecule has 1 aliphatic carbocycles. The number of benzene rings is 2. The number of hydrogen-bond donors (Lipinski definition) is 1. The molecule has 2 fully saturated rings. The summed E-state index contributed by atoms with van der Waals surface area (Å²) in [6.45, 7) is -0.439. The molecule has 0 spiro atoms. The zero-order chi connectivity index (χ0) is 27.1. The van der Waals surface area contributed by atoms with E-state index in [2.05, 4.69) is 22.2 Å². The molecule has 5 rings (SSSR count). The van der Waals surface area contributed by atoms with Crippen molar-refractivity contribution in [3.8, 4) is 18.4 Å². The van der Waals surface area contributed by atoms with Gasteiger partial charge in [0.25, 0.3) is 0 Å². The van der Waals surface area contributed by atoms with Gasteiger partial charge in [0, 0.05) is 24.1 Å². The lowest BCUT2D eigenvalue weighted by atomic mass is 9.57. The van der Waals surface area contributed by atoms with Gasteiger partial charge in [-0.05, 0) is 49.3 Å². The van der Waals surface area contributed by atoms with Crippen LogP contribution in [0.4, 0.5) is 8.78 Å². The normalized spacial score (nSPS) is 26.7. The monoisotopic (exact) mass is 538 g/mol. The maximum atomic E-state index is 15.6. The molecule has 196 valence electrons. The van der Waals surface area contributed by atoms with Crippen LogP contribution in [0.1, 0.15) is 59.9 Å². The SMILES string of the molecule is C#C[C@H]1CC[C@H](c2ccccc2)S(=O)(=O)N1Cc1cc(F)c([C@]2(c3n[nH]c(=O)o3)C[C@H](CC#N)C2)cc1F. The maximum Gasteiger partial charge on any atom is 0.434 e. The van der Waals surface area contributed by atoms with E-state index in [-0.39, 0.29) is 42.2 Å². The minimum absolute atomic E-state index is 0.0691. The highest BCUT2D eigenvalue weighted by molar-refractivity contribution is 7.89. The van der Waals surface area contributed by atoms with Crippen LogP contribution in [0.2, 0.25) is 0 Å². The number of aromatic amines is 1. The number of aromatic nitrogens is 2. The third-order valence-electron chi connectivity index (χ3n) is 7.58. The van der Waals surface area contributed by atoms with E-state index in [0.717, 1.165) is 16.4 Å². The summed E-state index contributed by atoms with van der Waals surface area (Å²) in [5.41, 5.74) is -0.855. The van der Waals surface area contributed by atoms with Crippen molar-refractivity contribution < 1.29 is 21.6 Å². The van der Waals surface area contributed by atoms with Gasteiger partial charge in [-0.1, -0.05) is 36.3 Å². The molecule has 0 unspecified atom stereocenters. The average molecular weight is 539 g/mol. The Morgan fingerprint density at radius 2 is 1.92 bits per heavy atom. The third-order valence-corrected chi connectivity index (χ3v) is 9.84. The van der Waals surface area contributed by atoms with Crippen LogP contribution in [-0.4, -0.2) is 29.0 Å². The average Bonchev–Trinajstić information content (AvgIpc) is 3.31. The van der Waals surface area contributed by atoms with Crippen molar-refractivity contribution in [2.24, 2.45) is 5.92 Å². The van der Waals surface area contributed by atoms with E-state index in [4.69, 9.17) is 16.1 Å². The highest BCUT2D eigenvalue weighted by Crippen LogP contribution is 2.53. The molecule has 0 radical (unpaired) electrons. The number of H-pyrrole nitrogens is 1. The Morgan fingerprint density at radius 1 is 1.18 bits per heavy atom. The molecule has 2 aliphatic rings. The lowest BCUT2D eigenvalue weighted by molar-refractivity contribution is 0.144. The Bertz CT molecular complexity index is 1600. The molecule has 2 aromatic carbocycles. The number of nitrogens with zero attached hydrogens (tertiary/aromatic N) is 3. The largest absolute Gasteiger partial charge is 0.434 e. The number of nitrogens with one attached hydrogen (secondary N) is 1. The number of nitriles is 1. The molecule has 2 heterocycles. The summed E-state index contributed by atoms with van der Waals surface area (Å²) in [5.74, 6) is -0.156. The Balaban J connectivity index is 1.50. The molecule has 3 aromatic rings. The number of hydrogen-bond acceptors (Lipinski definition) is 6. The smallest absolute Gasteiger partial charge is 0.392 e. The third kappa shape index (κ3) is 4.32. The lowest BCUT2D eigenvalue weighted by Gasteiger charge is -2.45. The van der Waals surface area contributed by atoms with Crippen molar-refractivity contribution in [2.75, 3.05) is 0 Å². The van der Waals surface area contributed by atoms with E-state index in [1.807, 2.05) is 0 Å². The highest BCUT2D eigenvalue weighted by atomic mass is 32.2. The summed E-state index contributed by atoms with van der Waals surface area (Å²) in [6, 6.07) is 11.9.